The molecule has 2 rings (SSSR count). The molecule has 34 heavy (non-hydrogen) atoms. The summed E-state index contributed by atoms with van der Waals surface area (Å²) < 4.78 is 47.3. The van der Waals surface area contributed by atoms with Crippen LogP contribution in [0.15, 0.2) is 24.3 Å². The number of carbonyl (C=O) groups is 4. The largest absolute Gasteiger partial charge is 0.471 e. The quantitative estimate of drug-likeness (QED) is 0.444. The van der Waals surface area contributed by atoms with Gasteiger partial charge in [0.15, 0.2) is 5.78 Å². The van der Waals surface area contributed by atoms with E-state index in [1.54, 1.807) is 29.6 Å². The molecule has 0 aliphatic heterocycles. The first kappa shape index (κ1) is 27.4. The molecule has 1 aliphatic carbocycles. The van der Waals surface area contributed by atoms with Crippen LogP contribution in [-0.2, 0) is 29.4 Å². The lowest BCUT2D eigenvalue weighted by molar-refractivity contribution is -0.177. The molecule has 0 saturated heterocycles. The lowest BCUT2D eigenvalue weighted by Crippen LogP contribution is -2.54. The fourth-order valence-electron chi connectivity index (χ4n) is 3.83. The number of amides is 2. The Kier molecular flexibility index (Phi) is 8.93. The van der Waals surface area contributed by atoms with Gasteiger partial charge in [-0.25, -0.2) is 9.59 Å². The Morgan fingerprint density at radius 1 is 1.18 bits per heavy atom. The van der Waals surface area contributed by atoms with Crippen LogP contribution >= 0.6 is 11.6 Å². The molecule has 1 aromatic carbocycles. The van der Waals surface area contributed by atoms with Crippen LogP contribution in [-0.4, -0.2) is 54.7 Å². The van der Waals surface area contributed by atoms with Crippen molar-refractivity contribution in [3.8, 4) is 0 Å². The van der Waals surface area contributed by atoms with E-state index in [1.165, 1.54) is 20.9 Å². The van der Waals surface area contributed by atoms with Gasteiger partial charge in [0.25, 0.3) is 0 Å². The predicted molar refractivity (Wildman–Crippen MR) is 115 cm³/mol. The predicted octanol–water partition coefficient (Wildman–Crippen LogP) is 3.95. The summed E-state index contributed by atoms with van der Waals surface area (Å²) in [6, 6.07) is 5.01. The third kappa shape index (κ3) is 5.99. The Balaban J connectivity index is 2.10. The Bertz CT molecular complexity index is 939. The number of Topliss-reactive ketones (excluding diaryl/α,β-unsaturated/α-hetero) is 1. The third-order valence-electron chi connectivity index (χ3n) is 5.67. The lowest BCUT2D eigenvalue weighted by Gasteiger charge is -2.43. The van der Waals surface area contributed by atoms with Crippen LogP contribution in [0.25, 0.3) is 0 Å². The van der Waals surface area contributed by atoms with Crippen molar-refractivity contribution in [2.24, 2.45) is 5.92 Å². The number of ketones is 1. The van der Waals surface area contributed by atoms with Crippen molar-refractivity contribution in [3.63, 3.8) is 0 Å². The second-order valence-corrected chi connectivity index (χ2v) is 8.62. The van der Waals surface area contributed by atoms with Gasteiger partial charge in [0, 0.05) is 24.1 Å². The van der Waals surface area contributed by atoms with Gasteiger partial charge in [-0.15, -0.1) is 0 Å². The fourth-order valence-corrected chi connectivity index (χ4v) is 4.12. The van der Waals surface area contributed by atoms with Gasteiger partial charge < -0.3 is 14.8 Å². The van der Waals surface area contributed by atoms with Crippen LogP contribution in [0, 0.1) is 5.92 Å². The molecule has 8 nitrogen and oxygen atoms in total. The van der Waals surface area contributed by atoms with E-state index >= 15 is 0 Å². The van der Waals surface area contributed by atoms with Crippen molar-refractivity contribution in [1.82, 2.24) is 10.2 Å². The van der Waals surface area contributed by atoms with Gasteiger partial charge in [-0.1, -0.05) is 43.6 Å². The molecule has 188 valence electrons. The van der Waals surface area contributed by atoms with Crippen molar-refractivity contribution in [3.05, 3.63) is 34.9 Å². The van der Waals surface area contributed by atoms with Gasteiger partial charge in [-0.3, -0.25) is 14.5 Å². The summed E-state index contributed by atoms with van der Waals surface area (Å²) >= 11 is 6.33. The molecule has 0 radical (unpaired) electrons. The van der Waals surface area contributed by atoms with Crippen molar-refractivity contribution in [1.29, 1.82) is 0 Å². The minimum Gasteiger partial charge on any atom is -0.426 e. The highest BCUT2D eigenvalue weighted by molar-refractivity contribution is 6.31. The first-order valence-electron chi connectivity index (χ1n) is 10.6. The number of ether oxygens (including phenoxy) is 2. The van der Waals surface area contributed by atoms with Gasteiger partial charge in [0.1, 0.15) is 11.6 Å². The van der Waals surface area contributed by atoms with Crippen molar-refractivity contribution in [2.45, 2.75) is 57.3 Å². The highest BCUT2D eigenvalue weighted by atomic mass is 35.5. The van der Waals surface area contributed by atoms with Crippen LogP contribution in [0.2, 0.25) is 5.02 Å². The van der Waals surface area contributed by atoms with E-state index in [2.05, 4.69) is 0 Å². The minimum absolute atomic E-state index is 0.224. The monoisotopic (exact) mass is 506 g/mol. The number of carbonyl (C=O) groups excluding carboxylic acids is 4. The number of alkyl halides is 3. The van der Waals surface area contributed by atoms with Crippen LogP contribution in [0.1, 0.15) is 45.1 Å². The van der Waals surface area contributed by atoms with E-state index in [1.807, 2.05) is 0 Å². The fraction of sp³-hybridized carbons (Fsp3) is 0.545. The second kappa shape index (κ2) is 11.1. The summed E-state index contributed by atoms with van der Waals surface area (Å²) in [5, 5.41) is 1.86. The molecule has 1 N–H and O–H groups in total. The van der Waals surface area contributed by atoms with Crippen LogP contribution in [0.3, 0.4) is 0 Å². The van der Waals surface area contributed by atoms with Gasteiger partial charge in [0.2, 0.25) is 6.79 Å². The summed E-state index contributed by atoms with van der Waals surface area (Å²) in [5.41, 5.74) is -0.939. The third-order valence-corrected chi connectivity index (χ3v) is 6.00. The number of esters is 1. The number of rotatable bonds is 7. The van der Waals surface area contributed by atoms with E-state index in [9.17, 15) is 32.3 Å². The van der Waals surface area contributed by atoms with E-state index in [-0.39, 0.29) is 12.2 Å². The van der Waals surface area contributed by atoms with Gasteiger partial charge in [-0.2, -0.15) is 13.2 Å². The zero-order chi connectivity index (χ0) is 25.7. The van der Waals surface area contributed by atoms with Gasteiger partial charge in [-0.05, 0) is 31.2 Å². The van der Waals surface area contributed by atoms with Crippen molar-refractivity contribution < 1.29 is 41.8 Å². The van der Waals surface area contributed by atoms with Crippen LogP contribution < -0.4 is 5.32 Å². The number of nitrogens with zero attached hydrogens (tertiary/aromatic N) is 1. The molecule has 1 fully saturated rings. The number of benzene rings is 1. The van der Waals surface area contributed by atoms with E-state index in [4.69, 9.17) is 21.1 Å². The first-order chi connectivity index (χ1) is 15.8. The summed E-state index contributed by atoms with van der Waals surface area (Å²) in [5.74, 6) is -4.46. The maximum atomic E-state index is 13.0. The van der Waals surface area contributed by atoms with Crippen LogP contribution in [0.4, 0.5) is 18.0 Å². The minimum atomic E-state index is -5.18. The summed E-state index contributed by atoms with van der Waals surface area (Å²) in [4.78, 5) is 50.3. The Labute approximate surface area is 199 Å². The lowest BCUT2D eigenvalue weighted by atomic mass is 9.74. The summed E-state index contributed by atoms with van der Waals surface area (Å²) in [6.45, 7) is 1.88. The second-order valence-electron chi connectivity index (χ2n) is 8.21. The maximum Gasteiger partial charge on any atom is 0.471 e. The zero-order valence-electron chi connectivity index (χ0n) is 18.9. The molecule has 0 bridgehead atoms. The van der Waals surface area contributed by atoms with Crippen molar-refractivity contribution in [2.75, 3.05) is 13.8 Å². The number of hydrogen-bond donors (Lipinski definition) is 1. The Morgan fingerprint density at radius 2 is 1.82 bits per heavy atom. The molecular formula is C22H26ClF3N2O6. The normalized spacial score (nSPS) is 19.4. The molecule has 1 aromatic rings. The average Bonchev–Trinajstić information content (AvgIpc) is 2.76. The number of halogens is 4. The molecule has 0 spiro atoms. The smallest absolute Gasteiger partial charge is 0.426 e. The molecule has 0 aromatic heterocycles. The zero-order valence-corrected chi connectivity index (χ0v) is 19.7. The first-order valence-corrected chi connectivity index (χ1v) is 10.9. The number of hydrogen-bond acceptors (Lipinski definition) is 6. The maximum absolute atomic E-state index is 13.0. The van der Waals surface area contributed by atoms with E-state index in [0.717, 1.165) is 4.90 Å². The van der Waals surface area contributed by atoms with E-state index < -0.39 is 48.4 Å². The Morgan fingerprint density at radius 3 is 2.38 bits per heavy atom. The molecule has 2 amide bonds. The summed E-state index contributed by atoms with van der Waals surface area (Å²) in [7, 11) is 1.36. The van der Waals surface area contributed by atoms with Crippen molar-refractivity contribution >= 4 is 35.4 Å². The molecule has 0 heterocycles. The number of likely N-dealkylation sites (N-methyl/N-ethyl adjacent to an activating group) is 1. The van der Waals surface area contributed by atoms with E-state index in [0.29, 0.717) is 29.8 Å². The molecule has 1 saturated carbocycles. The summed E-state index contributed by atoms with van der Waals surface area (Å²) in [6.07, 6.45) is -4.33. The highest BCUT2D eigenvalue weighted by Gasteiger charge is 2.48. The highest BCUT2D eigenvalue weighted by Crippen LogP contribution is 2.42. The Hall–Kier alpha value is -2.82. The molecule has 12 heteroatoms. The molecule has 1 aliphatic rings. The SMILES string of the molecule is CC(C)C(NC(=O)C(F)(F)F)C(=O)OCOC(=O)N(C)[C@]1(c2ccccc2Cl)CCCCC1=O. The molecule has 2 atom stereocenters. The van der Waals surface area contributed by atoms with Gasteiger partial charge >= 0.3 is 24.1 Å². The standard InChI is InChI=1S/C22H26ClF3N2O6/c1-13(2)17(27-19(31)22(24,25)26)18(30)33-12-34-20(32)28(3)21(11-7-6-10-16(21)29)14-8-4-5-9-15(14)23/h4-5,8-9,13,17H,6-7,10-12H2,1-3H3,(H,27,31)/t17?,21-/m0/s1. The topological polar surface area (TPSA) is 102 Å². The van der Waals surface area contributed by atoms with Gasteiger partial charge in [0.05, 0.1) is 0 Å². The molecular weight excluding hydrogens is 481 g/mol. The molecule has 1 unspecified atom stereocenters. The average molecular weight is 507 g/mol. The number of nitrogens with one attached hydrogen (secondary N) is 1. The van der Waals surface area contributed by atoms with Crippen LogP contribution in [0.5, 0.6) is 0 Å².